The molecule has 40 heavy (non-hydrogen) atoms. The summed E-state index contributed by atoms with van der Waals surface area (Å²) in [5.41, 5.74) is 7.72. The lowest BCUT2D eigenvalue weighted by atomic mass is 10.2. The molecule has 2 fully saturated rings. The van der Waals surface area contributed by atoms with Crippen molar-refractivity contribution in [1.29, 1.82) is 0 Å². The fourth-order valence-corrected chi connectivity index (χ4v) is 6.14. The molecule has 0 aliphatic carbocycles. The highest BCUT2D eigenvalue weighted by molar-refractivity contribution is 7.17. The molecule has 0 bridgehead atoms. The summed E-state index contributed by atoms with van der Waals surface area (Å²) in [6, 6.07) is 8.57. The van der Waals surface area contributed by atoms with Crippen molar-refractivity contribution in [3.63, 3.8) is 0 Å². The van der Waals surface area contributed by atoms with E-state index in [4.69, 9.17) is 19.6 Å². The first-order chi connectivity index (χ1) is 19.5. The minimum Gasteiger partial charge on any atom is -0.488 e. The molecular weight excluding hydrogens is 539 g/mol. The van der Waals surface area contributed by atoms with Gasteiger partial charge in [0.15, 0.2) is 17.1 Å². The molecule has 12 nitrogen and oxygen atoms in total. The number of fused-ring (bicyclic) bond motifs is 3. The number of anilines is 2. The van der Waals surface area contributed by atoms with Crippen LogP contribution in [0.15, 0.2) is 45.8 Å². The molecule has 6 heterocycles. The summed E-state index contributed by atoms with van der Waals surface area (Å²) in [5.74, 6) is 1.25. The first-order valence-electron chi connectivity index (χ1n) is 13.1. The number of nitrogen functional groups attached to an aromatic ring is 1. The van der Waals surface area contributed by atoms with E-state index < -0.39 is 0 Å². The van der Waals surface area contributed by atoms with Crippen LogP contribution in [-0.2, 0) is 11.3 Å². The van der Waals surface area contributed by atoms with Crippen LogP contribution in [0.5, 0.6) is 5.75 Å². The number of nitrogens with two attached hydrogens (primary N) is 1. The van der Waals surface area contributed by atoms with E-state index in [1.807, 2.05) is 11.0 Å². The molecule has 1 atom stereocenters. The molecule has 7 rings (SSSR count). The van der Waals surface area contributed by atoms with Crippen LogP contribution >= 0.6 is 11.3 Å². The minimum absolute atomic E-state index is 0.0186. The van der Waals surface area contributed by atoms with E-state index in [0.717, 1.165) is 30.8 Å². The number of aromatic nitrogens is 5. The normalized spacial score (nSPS) is 18.3. The molecule has 208 valence electrons. The molecule has 5 aromatic rings. The van der Waals surface area contributed by atoms with Crippen LogP contribution in [0.3, 0.4) is 0 Å². The molecule has 1 aromatic carbocycles. The number of ether oxygens (including phenoxy) is 2. The summed E-state index contributed by atoms with van der Waals surface area (Å²) in [6.45, 7) is 5.15. The standard InChI is InChI=1S/C26H27FN8O4S/c27-18-14-16(39-17-5-13-37-15-17)3-4-19(18)33-9-6-32(7-10-33)8-11-34-23-21(40-26(34)36)24-29-22(20-2-1-12-38-20)31-35(24)25(28)30-23/h1-4,12,14,17H,5-11,13,15H2,(H2,28,30)/t17-/m0/s1. The van der Waals surface area contributed by atoms with Crippen molar-refractivity contribution in [3.05, 3.63) is 52.1 Å². The Hall–Kier alpha value is -4.01. The molecule has 0 spiro atoms. The number of halogens is 1. The highest BCUT2D eigenvalue weighted by Gasteiger charge is 2.23. The third-order valence-corrected chi connectivity index (χ3v) is 8.28. The maximum Gasteiger partial charge on any atom is 0.309 e. The van der Waals surface area contributed by atoms with Crippen molar-refractivity contribution in [1.82, 2.24) is 29.0 Å². The smallest absolute Gasteiger partial charge is 0.309 e. The first kappa shape index (κ1) is 25.0. The lowest BCUT2D eigenvalue weighted by Crippen LogP contribution is -2.47. The van der Waals surface area contributed by atoms with Gasteiger partial charge in [0.05, 0.1) is 25.2 Å². The number of nitrogens with zero attached hydrogens (tertiary/aromatic N) is 7. The molecule has 4 aromatic heterocycles. The van der Waals surface area contributed by atoms with E-state index in [1.54, 1.807) is 29.0 Å². The monoisotopic (exact) mass is 566 g/mol. The summed E-state index contributed by atoms with van der Waals surface area (Å²) in [5, 5.41) is 4.40. The minimum atomic E-state index is -0.292. The van der Waals surface area contributed by atoms with Crippen molar-refractivity contribution in [2.75, 3.05) is 56.6 Å². The number of rotatable bonds is 7. The van der Waals surface area contributed by atoms with Crippen LogP contribution < -0.4 is 20.2 Å². The Morgan fingerprint density at radius 1 is 1.12 bits per heavy atom. The molecule has 2 N–H and O–H groups in total. The third kappa shape index (κ3) is 4.57. The van der Waals surface area contributed by atoms with Gasteiger partial charge in [0.1, 0.15) is 22.4 Å². The highest BCUT2D eigenvalue weighted by Crippen LogP contribution is 2.28. The van der Waals surface area contributed by atoms with Gasteiger partial charge in [-0.15, -0.1) is 5.10 Å². The Morgan fingerprint density at radius 2 is 2.00 bits per heavy atom. The number of furan rings is 1. The van der Waals surface area contributed by atoms with Gasteiger partial charge in [0, 0.05) is 51.8 Å². The van der Waals surface area contributed by atoms with Gasteiger partial charge in [-0.25, -0.2) is 9.37 Å². The van der Waals surface area contributed by atoms with Crippen LogP contribution in [0.1, 0.15) is 6.42 Å². The Balaban J connectivity index is 1.02. The Bertz CT molecular complexity index is 1720. The van der Waals surface area contributed by atoms with Crippen molar-refractivity contribution < 1.29 is 18.3 Å². The molecule has 2 aliphatic rings. The third-order valence-electron chi connectivity index (χ3n) is 7.32. The molecule has 0 radical (unpaired) electrons. The van der Waals surface area contributed by atoms with Crippen molar-refractivity contribution >= 4 is 39.0 Å². The Morgan fingerprint density at radius 3 is 2.75 bits per heavy atom. The SMILES string of the molecule is Nc1nc2c(sc(=O)n2CCN2CCN(c3ccc(O[C@H]4CCOC4)cc3F)CC2)c2nc(-c3ccco3)nn12. The molecule has 0 amide bonds. The Kier molecular flexibility index (Phi) is 6.37. The fourth-order valence-electron chi connectivity index (χ4n) is 5.21. The predicted molar refractivity (Wildman–Crippen MR) is 147 cm³/mol. The lowest BCUT2D eigenvalue weighted by Gasteiger charge is -2.36. The quantitative estimate of drug-likeness (QED) is 0.314. The van der Waals surface area contributed by atoms with Gasteiger partial charge in [0.2, 0.25) is 11.8 Å². The molecule has 2 saturated heterocycles. The summed E-state index contributed by atoms with van der Waals surface area (Å²) in [6.07, 6.45) is 2.34. The average molecular weight is 567 g/mol. The van der Waals surface area contributed by atoms with E-state index >= 15 is 0 Å². The summed E-state index contributed by atoms with van der Waals surface area (Å²) in [7, 11) is 0. The van der Waals surface area contributed by atoms with Crippen molar-refractivity contribution in [2.45, 2.75) is 19.1 Å². The number of benzene rings is 1. The highest BCUT2D eigenvalue weighted by atomic mass is 32.1. The second kappa shape index (κ2) is 10.2. The molecule has 0 saturated carbocycles. The summed E-state index contributed by atoms with van der Waals surface area (Å²) in [4.78, 5) is 26.2. The van der Waals surface area contributed by atoms with Crippen LogP contribution in [0, 0.1) is 5.82 Å². The van der Waals surface area contributed by atoms with Crippen LogP contribution in [-0.4, -0.2) is 81.1 Å². The number of thiazole rings is 1. The van der Waals surface area contributed by atoms with Gasteiger partial charge < -0.3 is 24.5 Å². The number of hydrogen-bond acceptors (Lipinski definition) is 11. The van der Waals surface area contributed by atoms with E-state index in [2.05, 4.69) is 20.0 Å². The van der Waals surface area contributed by atoms with Crippen molar-refractivity contribution in [3.8, 4) is 17.3 Å². The van der Waals surface area contributed by atoms with Gasteiger partial charge >= 0.3 is 4.87 Å². The second-order valence-corrected chi connectivity index (χ2v) is 10.8. The molecule has 14 heteroatoms. The lowest BCUT2D eigenvalue weighted by molar-refractivity contribution is 0.141. The zero-order valence-corrected chi connectivity index (χ0v) is 22.3. The topological polar surface area (TPSA) is 129 Å². The van der Waals surface area contributed by atoms with E-state index in [1.165, 1.54) is 10.6 Å². The van der Waals surface area contributed by atoms with Crippen LogP contribution in [0.25, 0.3) is 27.6 Å². The maximum absolute atomic E-state index is 14.9. The van der Waals surface area contributed by atoms with E-state index in [-0.39, 0.29) is 22.7 Å². The predicted octanol–water partition coefficient (Wildman–Crippen LogP) is 2.47. The van der Waals surface area contributed by atoms with Crippen LogP contribution in [0.2, 0.25) is 0 Å². The molecule has 0 unspecified atom stereocenters. The van der Waals surface area contributed by atoms with Gasteiger partial charge in [-0.3, -0.25) is 14.3 Å². The summed E-state index contributed by atoms with van der Waals surface area (Å²) < 4.78 is 35.2. The number of piperazine rings is 1. The average Bonchev–Trinajstić information content (AvgIpc) is 3.76. The largest absolute Gasteiger partial charge is 0.488 e. The second-order valence-electron chi connectivity index (χ2n) is 9.84. The van der Waals surface area contributed by atoms with Gasteiger partial charge in [0.25, 0.3) is 0 Å². The van der Waals surface area contributed by atoms with Crippen LogP contribution in [0.4, 0.5) is 16.0 Å². The zero-order chi connectivity index (χ0) is 27.2. The van der Waals surface area contributed by atoms with Gasteiger partial charge in [-0.1, -0.05) is 11.3 Å². The van der Waals surface area contributed by atoms with Gasteiger partial charge in [-0.2, -0.15) is 9.50 Å². The fraction of sp³-hybridized carbons (Fsp3) is 0.385. The van der Waals surface area contributed by atoms with Gasteiger partial charge in [-0.05, 0) is 24.3 Å². The first-order valence-corrected chi connectivity index (χ1v) is 14.0. The Labute approximate surface area is 231 Å². The van der Waals surface area contributed by atoms with E-state index in [0.29, 0.717) is 78.4 Å². The molecular formula is C26H27FN8O4S. The maximum atomic E-state index is 14.9. The van der Waals surface area contributed by atoms with E-state index in [9.17, 15) is 9.18 Å². The van der Waals surface area contributed by atoms with Crippen molar-refractivity contribution in [2.24, 2.45) is 0 Å². The summed E-state index contributed by atoms with van der Waals surface area (Å²) >= 11 is 1.07. The zero-order valence-electron chi connectivity index (χ0n) is 21.5. The molecule has 2 aliphatic heterocycles. The number of hydrogen-bond donors (Lipinski definition) is 1.